The molecule has 1 amide bonds. The summed E-state index contributed by atoms with van der Waals surface area (Å²) in [6.45, 7) is 2.41. The van der Waals surface area contributed by atoms with Crippen LogP contribution in [-0.2, 0) is 11.3 Å². The summed E-state index contributed by atoms with van der Waals surface area (Å²) in [5, 5.41) is 8.89. The molecule has 1 aliphatic heterocycles. The lowest BCUT2D eigenvalue weighted by atomic mass is 10.1. The Balaban J connectivity index is 0.00000225. The van der Waals surface area contributed by atoms with Gasteiger partial charge in [0.1, 0.15) is 0 Å². The number of halogens is 2. The third kappa shape index (κ3) is 5.82. The van der Waals surface area contributed by atoms with Crippen LogP contribution in [-0.4, -0.2) is 42.9 Å². The number of likely N-dealkylation sites (tertiary alicyclic amines) is 1. The van der Waals surface area contributed by atoms with Gasteiger partial charge in [0, 0.05) is 46.8 Å². The molecule has 0 aromatic carbocycles. The van der Waals surface area contributed by atoms with Crippen molar-refractivity contribution in [2.75, 3.05) is 20.1 Å². The van der Waals surface area contributed by atoms with Gasteiger partial charge in [-0.2, -0.15) is 0 Å². The van der Waals surface area contributed by atoms with Gasteiger partial charge in [-0.3, -0.25) is 9.79 Å². The second-order valence-electron chi connectivity index (χ2n) is 6.55. The molecule has 0 bridgehead atoms. The molecule has 3 rings (SSSR count). The van der Waals surface area contributed by atoms with Crippen molar-refractivity contribution in [3.05, 3.63) is 20.8 Å². The van der Waals surface area contributed by atoms with E-state index in [2.05, 4.69) is 43.0 Å². The van der Waals surface area contributed by atoms with Gasteiger partial charge in [-0.1, -0.05) is 12.8 Å². The number of nitrogens with one attached hydrogen (secondary N) is 2. The van der Waals surface area contributed by atoms with Gasteiger partial charge in [-0.15, -0.1) is 35.3 Å². The van der Waals surface area contributed by atoms with Crippen LogP contribution in [0.1, 0.15) is 37.0 Å². The molecule has 140 valence electrons. The van der Waals surface area contributed by atoms with E-state index in [9.17, 15) is 4.79 Å². The Morgan fingerprint density at radius 1 is 1.40 bits per heavy atom. The second kappa shape index (κ2) is 10.1. The second-order valence-corrected chi connectivity index (χ2v) is 8.46. The first kappa shape index (κ1) is 21.0. The fourth-order valence-electron chi connectivity index (χ4n) is 3.51. The minimum atomic E-state index is 0. The molecule has 1 saturated carbocycles. The van der Waals surface area contributed by atoms with E-state index in [1.165, 1.54) is 17.7 Å². The van der Waals surface area contributed by atoms with Gasteiger partial charge in [0.05, 0.1) is 6.54 Å². The van der Waals surface area contributed by atoms with E-state index >= 15 is 0 Å². The predicted octanol–water partition coefficient (Wildman–Crippen LogP) is 3.58. The zero-order valence-electron chi connectivity index (χ0n) is 14.5. The van der Waals surface area contributed by atoms with Gasteiger partial charge < -0.3 is 15.5 Å². The normalized spacial score (nSPS) is 21.3. The summed E-state index contributed by atoms with van der Waals surface area (Å²) in [6, 6.07) is 2.40. The largest absolute Gasteiger partial charge is 0.352 e. The van der Waals surface area contributed by atoms with Gasteiger partial charge in [0.25, 0.3) is 0 Å². The number of aliphatic imine (C=N–C) groups is 1. The molecule has 1 aliphatic carbocycles. The first-order chi connectivity index (χ1) is 11.7. The maximum atomic E-state index is 12.5. The molecule has 2 aliphatic rings. The lowest BCUT2D eigenvalue weighted by Crippen LogP contribution is -2.45. The van der Waals surface area contributed by atoms with Gasteiger partial charge >= 0.3 is 0 Å². The number of thiophene rings is 1. The first-order valence-electron chi connectivity index (χ1n) is 8.64. The molecule has 2 fully saturated rings. The Morgan fingerprint density at radius 2 is 2.16 bits per heavy atom. The number of rotatable bonds is 4. The molecule has 25 heavy (non-hydrogen) atoms. The average molecular weight is 541 g/mol. The number of amides is 1. The third-order valence-corrected chi connectivity index (χ3v) is 6.52. The van der Waals surface area contributed by atoms with Crippen LogP contribution in [0.3, 0.4) is 0 Å². The predicted molar refractivity (Wildman–Crippen MR) is 118 cm³/mol. The van der Waals surface area contributed by atoms with Crippen LogP contribution >= 0.6 is 51.2 Å². The topological polar surface area (TPSA) is 56.7 Å². The summed E-state index contributed by atoms with van der Waals surface area (Å²) in [5.74, 6) is 1.45. The summed E-state index contributed by atoms with van der Waals surface area (Å²) in [7, 11) is 1.79. The summed E-state index contributed by atoms with van der Waals surface area (Å²) in [5.41, 5.74) is 0. The number of carbonyl (C=O) groups is 1. The van der Waals surface area contributed by atoms with E-state index in [0.717, 1.165) is 49.3 Å². The molecule has 1 atom stereocenters. The van der Waals surface area contributed by atoms with E-state index in [4.69, 9.17) is 0 Å². The molecule has 1 saturated heterocycles. The monoisotopic (exact) mass is 540 g/mol. The molecular weight excluding hydrogens is 515 g/mol. The van der Waals surface area contributed by atoms with Crippen molar-refractivity contribution in [2.24, 2.45) is 10.9 Å². The van der Waals surface area contributed by atoms with E-state index < -0.39 is 0 Å². The Morgan fingerprint density at radius 3 is 2.80 bits per heavy atom. The van der Waals surface area contributed by atoms with Crippen molar-refractivity contribution in [2.45, 2.75) is 44.7 Å². The van der Waals surface area contributed by atoms with Crippen LogP contribution in [0.15, 0.2) is 20.9 Å². The Labute approximate surface area is 179 Å². The molecule has 0 radical (unpaired) electrons. The van der Waals surface area contributed by atoms with E-state index in [1.807, 2.05) is 4.90 Å². The zero-order valence-corrected chi connectivity index (χ0v) is 19.2. The average Bonchev–Trinajstić information content (AvgIpc) is 3.32. The zero-order chi connectivity index (χ0) is 16.9. The molecule has 5 nitrogen and oxygen atoms in total. The maximum Gasteiger partial charge on any atom is 0.225 e. The molecule has 0 spiro atoms. The minimum absolute atomic E-state index is 0. The van der Waals surface area contributed by atoms with Gasteiger partial charge in [-0.25, -0.2) is 0 Å². The fraction of sp³-hybridized carbons (Fsp3) is 0.647. The van der Waals surface area contributed by atoms with Gasteiger partial charge in [-0.05, 0) is 41.3 Å². The summed E-state index contributed by atoms with van der Waals surface area (Å²) in [6.07, 6.45) is 5.56. The highest BCUT2D eigenvalue weighted by Gasteiger charge is 2.32. The number of hydrogen-bond acceptors (Lipinski definition) is 3. The summed E-state index contributed by atoms with van der Waals surface area (Å²) >= 11 is 5.19. The molecule has 2 heterocycles. The lowest BCUT2D eigenvalue weighted by molar-refractivity contribution is -0.134. The number of guanidine groups is 1. The Hall–Kier alpha value is -0.350. The van der Waals surface area contributed by atoms with Crippen LogP contribution in [0.5, 0.6) is 0 Å². The highest BCUT2D eigenvalue weighted by molar-refractivity contribution is 14.0. The lowest BCUT2D eigenvalue weighted by Gasteiger charge is -2.21. The molecule has 1 aromatic rings. The standard InChI is InChI=1S/C17H25BrN4OS.HI/c1-19-17(20-9-15-8-13(18)11-24-15)21-14-6-7-22(10-14)16(23)12-4-2-3-5-12;/h8,11-12,14H,2-7,9-10H2,1H3,(H2,19,20,21);1H. The van der Waals surface area contributed by atoms with E-state index in [-0.39, 0.29) is 35.9 Å². The van der Waals surface area contributed by atoms with E-state index in [0.29, 0.717) is 5.91 Å². The molecule has 2 N–H and O–H groups in total. The molecule has 1 aromatic heterocycles. The number of hydrogen-bond donors (Lipinski definition) is 2. The van der Waals surface area contributed by atoms with Gasteiger partial charge in [0.2, 0.25) is 5.91 Å². The van der Waals surface area contributed by atoms with Crippen molar-refractivity contribution >= 4 is 63.1 Å². The number of carbonyl (C=O) groups excluding carboxylic acids is 1. The van der Waals surface area contributed by atoms with Crippen LogP contribution in [0, 0.1) is 5.92 Å². The Bertz CT molecular complexity index is 603. The number of nitrogens with zero attached hydrogens (tertiary/aromatic N) is 2. The highest BCUT2D eigenvalue weighted by atomic mass is 127. The minimum Gasteiger partial charge on any atom is -0.352 e. The highest BCUT2D eigenvalue weighted by Crippen LogP contribution is 2.27. The van der Waals surface area contributed by atoms with Crippen molar-refractivity contribution in [1.29, 1.82) is 0 Å². The SMILES string of the molecule is CN=C(NCc1cc(Br)cs1)NC1CCN(C(=O)C2CCCC2)C1.I. The van der Waals surface area contributed by atoms with Crippen molar-refractivity contribution < 1.29 is 4.79 Å². The van der Waals surface area contributed by atoms with Crippen LogP contribution in [0.25, 0.3) is 0 Å². The van der Waals surface area contributed by atoms with Crippen LogP contribution in [0.4, 0.5) is 0 Å². The fourth-order valence-corrected chi connectivity index (χ4v) is 4.91. The van der Waals surface area contributed by atoms with E-state index in [1.54, 1.807) is 18.4 Å². The maximum absolute atomic E-state index is 12.5. The smallest absolute Gasteiger partial charge is 0.225 e. The molecule has 8 heteroatoms. The van der Waals surface area contributed by atoms with Crippen LogP contribution in [0.2, 0.25) is 0 Å². The van der Waals surface area contributed by atoms with Crippen molar-refractivity contribution in [3.63, 3.8) is 0 Å². The quantitative estimate of drug-likeness (QED) is 0.348. The summed E-state index contributed by atoms with van der Waals surface area (Å²) < 4.78 is 1.11. The molecule has 1 unspecified atom stereocenters. The van der Waals surface area contributed by atoms with Crippen LogP contribution < -0.4 is 10.6 Å². The summed E-state index contributed by atoms with van der Waals surface area (Å²) in [4.78, 5) is 20.1. The van der Waals surface area contributed by atoms with Gasteiger partial charge in [0.15, 0.2) is 5.96 Å². The Kier molecular flexibility index (Phi) is 8.47. The van der Waals surface area contributed by atoms with Crippen molar-refractivity contribution in [1.82, 2.24) is 15.5 Å². The first-order valence-corrected chi connectivity index (χ1v) is 10.3. The molecular formula is C17H26BrIN4OS. The third-order valence-electron chi connectivity index (χ3n) is 4.82. The van der Waals surface area contributed by atoms with Crippen molar-refractivity contribution in [3.8, 4) is 0 Å².